The Labute approximate surface area is 94.5 Å². The number of nitrogens with one attached hydrogen (secondary N) is 1. The Kier molecular flexibility index (Phi) is 6.37. The highest BCUT2D eigenvalue weighted by atomic mass is 32.2. The van der Waals surface area contributed by atoms with E-state index in [1.807, 2.05) is 6.07 Å². The van der Waals surface area contributed by atoms with Crippen molar-refractivity contribution >= 4 is 17.7 Å². The van der Waals surface area contributed by atoms with Crippen LogP contribution >= 0.6 is 0 Å². The predicted octanol–water partition coefficient (Wildman–Crippen LogP) is -1.03. The molecule has 6 nitrogen and oxygen atoms in total. The molecule has 0 aliphatic rings. The molecule has 0 heterocycles. The minimum absolute atomic E-state index is 0. The van der Waals surface area contributed by atoms with E-state index in [0.717, 1.165) is 0 Å². The van der Waals surface area contributed by atoms with Gasteiger partial charge in [0.2, 0.25) is 10.0 Å². The fourth-order valence-corrected chi connectivity index (χ4v) is 1.56. The second-order valence-electron chi connectivity index (χ2n) is 2.46. The topological polar surface area (TPSA) is 110 Å². The molecule has 3 N–H and O–H groups in total. The highest BCUT2D eigenvalue weighted by molar-refractivity contribution is 7.89. The largest absolute Gasteiger partial charge is 0.482 e. The average Bonchev–Trinajstić information content (AvgIpc) is 2.30. The number of sulfonamides is 1. The molecule has 8 heteroatoms. The summed E-state index contributed by atoms with van der Waals surface area (Å²) in [5.41, 5.74) is 0.440. The van der Waals surface area contributed by atoms with Gasteiger partial charge in [-0.2, -0.15) is 5.26 Å². The zero-order valence-corrected chi connectivity index (χ0v) is 9.27. The van der Waals surface area contributed by atoms with Gasteiger partial charge in [-0.15, -0.1) is 0 Å². The highest BCUT2D eigenvalue weighted by Crippen LogP contribution is 2.08. The van der Waals surface area contributed by atoms with E-state index in [1.165, 1.54) is 31.3 Å². The van der Waals surface area contributed by atoms with Crippen LogP contribution in [0, 0.1) is 11.3 Å². The number of benzene rings is 1. The van der Waals surface area contributed by atoms with Crippen molar-refractivity contribution in [2.45, 2.75) is 4.90 Å². The molecule has 0 unspecified atom stereocenters. The second kappa shape index (κ2) is 6.97. The first-order valence-electron chi connectivity index (χ1n) is 4.05. The number of nitriles is 1. The Morgan fingerprint density at radius 3 is 2.06 bits per heavy atom. The number of nitrogens with zero attached hydrogens (tertiary/aromatic N) is 1. The quantitative estimate of drug-likeness (QED) is 0.573. The van der Waals surface area contributed by atoms with Gasteiger partial charge in [-0.1, -0.05) is 0 Å². The monoisotopic (exact) mass is 241 g/mol. The first-order valence-corrected chi connectivity index (χ1v) is 5.54. The first kappa shape index (κ1) is 14.6. The van der Waals surface area contributed by atoms with Gasteiger partial charge in [-0.3, -0.25) is 0 Å². The lowest BCUT2D eigenvalue weighted by Gasteiger charge is -2.00. The van der Waals surface area contributed by atoms with Crippen molar-refractivity contribution < 1.29 is 18.5 Å². The van der Waals surface area contributed by atoms with E-state index in [9.17, 15) is 8.42 Å². The Bertz CT molecular complexity index is 452. The van der Waals surface area contributed by atoms with Crippen molar-refractivity contribution in [3.8, 4) is 6.07 Å². The maximum absolute atomic E-state index is 11.2. The van der Waals surface area contributed by atoms with E-state index >= 15 is 0 Å². The van der Waals surface area contributed by atoms with Gasteiger partial charge < -0.3 is 10.0 Å². The van der Waals surface area contributed by atoms with Crippen LogP contribution in [0.4, 0.5) is 0 Å². The first-order chi connectivity index (χ1) is 7.51. The molecule has 0 saturated carbocycles. The molecular weight excluding hydrogens is 231 g/mol. The Morgan fingerprint density at radius 2 is 1.75 bits per heavy atom. The molecule has 1 radical (unpaired) electrons. The van der Waals surface area contributed by atoms with Crippen LogP contribution in [-0.2, 0) is 10.0 Å². The molecule has 85 valence electrons. The predicted molar refractivity (Wildman–Crippen MR) is 57.6 cm³/mol. The van der Waals surface area contributed by atoms with Gasteiger partial charge in [0.05, 0.1) is 16.5 Å². The standard InChI is InChI=1S/C8H8N2O2S.BH2O2/c1-10-13(11,12)8-4-2-7(6-9)3-5-8;2-1-3/h2-5,10H,1H3;2-3H. The van der Waals surface area contributed by atoms with Gasteiger partial charge in [-0.25, -0.2) is 13.1 Å². The van der Waals surface area contributed by atoms with E-state index in [0.29, 0.717) is 5.56 Å². The lowest BCUT2D eigenvalue weighted by molar-refractivity contribution is 0.448. The van der Waals surface area contributed by atoms with E-state index in [2.05, 4.69) is 4.72 Å². The summed E-state index contributed by atoms with van der Waals surface area (Å²) < 4.78 is 24.6. The molecule has 16 heavy (non-hydrogen) atoms. The normalized spacial score (nSPS) is 9.62. The van der Waals surface area contributed by atoms with E-state index < -0.39 is 10.0 Å². The summed E-state index contributed by atoms with van der Waals surface area (Å²) in [5.74, 6) is 0. The molecule has 0 saturated heterocycles. The fraction of sp³-hybridized carbons (Fsp3) is 0.125. The van der Waals surface area contributed by atoms with Crippen molar-refractivity contribution in [2.75, 3.05) is 7.05 Å². The van der Waals surface area contributed by atoms with Gasteiger partial charge in [0, 0.05) is 0 Å². The molecule has 1 aromatic carbocycles. The Morgan fingerprint density at radius 1 is 1.31 bits per heavy atom. The average molecular weight is 241 g/mol. The van der Waals surface area contributed by atoms with E-state index in [1.54, 1.807) is 0 Å². The van der Waals surface area contributed by atoms with Crippen LogP contribution in [0.3, 0.4) is 0 Å². The zero-order chi connectivity index (χ0) is 12.6. The van der Waals surface area contributed by atoms with Crippen LogP contribution in [0.5, 0.6) is 0 Å². The second-order valence-corrected chi connectivity index (χ2v) is 4.35. The summed E-state index contributed by atoms with van der Waals surface area (Å²) >= 11 is 0. The molecular formula is C8H10BN2O4S. The highest BCUT2D eigenvalue weighted by Gasteiger charge is 2.09. The molecule has 0 bridgehead atoms. The molecule has 0 spiro atoms. The lowest BCUT2D eigenvalue weighted by atomic mass is 10.2. The summed E-state index contributed by atoms with van der Waals surface area (Å²) in [7, 11) is -2.04. The minimum Gasteiger partial charge on any atom is -0.429 e. The van der Waals surface area contributed by atoms with Crippen molar-refractivity contribution in [3.63, 3.8) is 0 Å². The van der Waals surface area contributed by atoms with Gasteiger partial charge >= 0.3 is 7.69 Å². The summed E-state index contributed by atoms with van der Waals surface area (Å²) in [6.45, 7) is 0. The summed E-state index contributed by atoms with van der Waals surface area (Å²) in [6.07, 6.45) is 0. The van der Waals surface area contributed by atoms with Gasteiger partial charge in [0.15, 0.2) is 0 Å². The van der Waals surface area contributed by atoms with Crippen molar-refractivity contribution in [2.24, 2.45) is 0 Å². The summed E-state index contributed by atoms with van der Waals surface area (Å²) in [5, 5.41) is 22.5. The maximum Gasteiger partial charge on any atom is 0.482 e. The smallest absolute Gasteiger partial charge is 0.429 e. The third kappa shape index (κ3) is 4.42. The van der Waals surface area contributed by atoms with Crippen LogP contribution in [-0.4, -0.2) is 33.2 Å². The third-order valence-electron chi connectivity index (χ3n) is 1.56. The van der Waals surface area contributed by atoms with E-state index in [-0.39, 0.29) is 12.6 Å². The summed E-state index contributed by atoms with van der Waals surface area (Å²) in [4.78, 5) is 0.161. The van der Waals surface area contributed by atoms with Crippen LogP contribution < -0.4 is 4.72 Å². The molecule has 0 aromatic heterocycles. The van der Waals surface area contributed by atoms with Crippen LogP contribution in [0.25, 0.3) is 0 Å². The van der Waals surface area contributed by atoms with Crippen molar-refractivity contribution in [3.05, 3.63) is 29.8 Å². The van der Waals surface area contributed by atoms with Gasteiger partial charge in [0.1, 0.15) is 0 Å². The molecule has 0 aliphatic carbocycles. The molecule has 0 amide bonds. The van der Waals surface area contributed by atoms with Crippen LogP contribution in [0.1, 0.15) is 5.56 Å². The van der Waals surface area contributed by atoms with Crippen molar-refractivity contribution in [1.82, 2.24) is 4.72 Å². The molecule has 0 atom stereocenters. The van der Waals surface area contributed by atoms with Crippen LogP contribution in [0.15, 0.2) is 29.2 Å². The molecule has 1 rings (SSSR count). The Hall–Kier alpha value is -1.40. The van der Waals surface area contributed by atoms with Gasteiger partial charge in [0.25, 0.3) is 0 Å². The third-order valence-corrected chi connectivity index (χ3v) is 2.99. The Balaban J connectivity index is 0.000000673. The maximum atomic E-state index is 11.2. The van der Waals surface area contributed by atoms with E-state index in [4.69, 9.17) is 15.3 Å². The fourth-order valence-electron chi connectivity index (χ4n) is 0.826. The molecule has 1 aromatic rings. The zero-order valence-electron chi connectivity index (χ0n) is 8.45. The minimum atomic E-state index is -3.38. The number of hydrogen-bond donors (Lipinski definition) is 3. The number of hydrogen-bond acceptors (Lipinski definition) is 5. The lowest BCUT2D eigenvalue weighted by Crippen LogP contribution is -2.18. The molecule has 0 fully saturated rings. The SMILES string of the molecule is CNS(=O)(=O)c1ccc(C#N)cc1.O[B]O. The van der Waals surface area contributed by atoms with Gasteiger partial charge in [-0.05, 0) is 31.3 Å². The van der Waals surface area contributed by atoms with Crippen LogP contribution in [0.2, 0.25) is 0 Å². The molecule has 0 aliphatic heterocycles. The number of rotatable bonds is 2. The van der Waals surface area contributed by atoms with Crippen molar-refractivity contribution in [1.29, 1.82) is 5.26 Å². The summed E-state index contributed by atoms with van der Waals surface area (Å²) in [6, 6.07) is 7.62.